The van der Waals surface area contributed by atoms with Gasteiger partial charge in [0, 0.05) is 24.7 Å². The number of piperidine rings is 1. The maximum absolute atomic E-state index is 12.7. The van der Waals surface area contributed by atoms with Crippen LogP contribution < -0.4 is 10.1 Å². The fourth-order valence-corrected chi connectivity index (χ4v) is 3.94. The Morgan fingerprint density at radius 3 is 2.23 bits per heavy atom. The Balaban J connectivity index is 1.43. The number of aryl methyl sites for hydroxylation is 1. The summed E-state index contributed by atoms with van der Waals surface area (Å²) in [6.07, 6.45) is 5.44. The van der Waals surface area contributed by atoms with Crippen LogP contribution in [0.15, 0.2) is 48.5 Å². The average molecular weight is 423 g/mol. The van der Waals surface area contributed by atoms with E-state index in [1.165, 1.54) is 18.4 Å². The Morgan fingerprint density at radius 1 is 0.968 bits per heavy atom. The fraction of sp³-hybridized carbons (Fsp3) is 0.462. The van der Waals surface area contributed by atoms with Gasteiger partial charge in [-0.2, -0.15) is 0 Å². The van der Waals surface area contributed by atoms with Gasteiger partial charge < -0.3 is 15.0 Å². The topological polar surface area (TPSA) is 58.6 Å². The molecule has 3 rings (SSSR count). The third-order valence-electron chi connectivity index (χ3n) is 5.77. The molecule has 0 spiro atoms. The Bertz CT molecular complexity index is 838. The molecule has 2 aromatic rings. The molecule has 5 heteroatoms. The minimum Gasteiger partial charge on any atom is -0.494 e. The van der Waals surface area contributed by atoms with Crippen LogP contribution in [0.2, 0.25) is 0 Å². The van der Waals surface area contributed by atoms with Gasteiger partial charge in [0.15, 0.2) is 0 Å². The van der Waals surface area contributed by atoms with Gasteiger partial charge in [-0.3, -0.25) is 9.59 Å². The summed E-state index contributed by atoms with van der Waals surface area (Å²) in [5.74, 6) is 0.865. The van der Waals surface area contributed by atoms with Crippen molar-refractivity contribution < 1.29 is 14.3 Å². The number of hydrogen-bond donors (Lipinski definition) is 1. The van der Waals surface area contributed by atoms with Crippen LogP contribution in [0.25, 0.3) is 0 Å². The largest absolute Gasteiger partial charge is 0.494 e. The zero-order valence-corrected chi connectivity index (χ0v) is 18.7. The van der Waals surface area contributed by atoms with Crippen molar-refractivity contribution >= 4 is 11.8 Å². The lowest BCUT2D eigenvalue weighted by Crippen LogP contribution is -2.46. The summed E-state index contributed by atoms with van der Waals surface area (Å²) in [7, 11) is 0. The van der Waals surface area contributed by atoms with Crippen LogP contribution in [0.4, 0.5) is 0 Å². The van der Waals surface area contributed by atoms with Gasteiger partial charge in [-0.05, 0) is 68.0 Å². The molecule has 0 atom stereocenters. The van der Waals surface area contributed by atoms with Crippen molar-refractivity contribution in [3.05, 3.63) is 65.2 Å². The van der Waals surface area contributed by atoms with Crippen molar-refractivity contribution in [2.75, 3.05) is 19.7 Å². The molecule has 0 bridgehead atoms. The molecule has 0 unspecified atom stereocenters. The second-order valence-corrected chi connectivity index (χ2v) is 8.19. The fourth-order valence-electron chi connectivity index (χ4n) is 3.94. The molecule has 31 heavy (non-hydrogen) atoms. The van der Waals surface area contributed by atoms with E-state index in [1.807, 2.05) is 36.1 Å². The summed E-state index contributed by atoms with van der Waals surface area (Å²) >= 11 is 0. The van der Waals surface area contributed by atoms with E-state index in [0.29, 0.717) is 31.7 Å². The summed E-state index contributed by atoms with van der Waals surface area (Å²) in [4.78, 5) is 27.1. The zero-order valence-electron chi connectivity index (χ0n) is 18.7. The molecule has 2 aromatic carbocycles. The molecule has 166 valence electrons. The smallest absolute Gasteiger partial charge is 0.253 e. The first-order chi connectivity index (χ1) is 15.1. The number of likely N-dealkylation sites (tertiary alicyclic amines) is 1. The molecular weight excluding hydrogens is 388 g/mol. The Labute approximate surface area is 185 Å². The quantitative estimate of drug-likeness (QED) is 0.652. The number of amides is 2. The molecule has 0 aliphatic carbocycles. The maximum atomic E-state index is 12.7. The highest BCUT2D eigenvalue weighted by atomic mass is 16.5. The van der Waals surface area contributed by atoms with Crippen LogP contribution >= 0.6 is 0 Å². The minimum atomic E-state index is 0.0380. The van der Waals surface area contributed by atoms with Gasteiger partial charge in [0.05, 0.1) is 13.0 Å². The molecule has 1 heterocycles. The third kappa shape index (κ3) is 6.84. The van der Waals surface area contributed by atoms with Crippen LogP contribution in [0.5, 0.6) is 5.75 Å². The number of carbonyl (C=O) groups excluding carboxylic acids is 2. The first kappa shape index (κ1) is 22.9. The van der Waals surface area contributed by atoms with Gasteiger partial charge in [-0.15, -0.1) is 0 Å². The van der Waals surface area contributed by atoms with Gasteiger partial charge in [-0.1, -0.05) is 37.6 Å². The number of ether oxygens (including phenoxy) is 1. The predicted octanol–water partition coefficient (Wildman–Crippen LogP) is 4.39. The maximum Gasteiger partial charge on any atom is 0.253 e. The molecule has 1 aliphatic heterocycles. The number of benzene rings is 2. The lowest BCUT2D eigenvalue weighted by Gasteiger charge is -2.32. The standard InChI is InChI=1S/C26H34N2O3/c1-3-5-6-20-7-9-21(10-8-20)19-25(29)27-23-15-17-28(18-16-23)26(30)22-11-13-24(14-12-22)31-4-2/h7-14,23H,3-6,15-19H2,1-2H3,(H,27,29). The molecule has 1 saturated heterocycles. The first-order valence-corrected chi connectivity index (χ1v) is 11.5. The second-order valence-electron chi connectivity index (χ2n) is 8.19. The van der Waals surface area contributed by atoms with Gasteiger partial charge in [0.2, 0.25) is 5.91 Å². The number of carbonyl (C=O) groups is 2. The van der Waals surface area contributed by atoms with Crippen LogP contribution in [-0.4, -0.2) is 42.5 Å². The van der Waals surface area contributed by atoms with E-state index in [4.69, 9.17) is 4.74 Å². The molecule has 1 N–H and O–H groups in total. The van der Waals surface area contributed by atoms with Gasteiger partial charge in [0.25, 0.3) is 5.91 Å². The molecule has 5 nitrogen and oxygen atoms in total. The van der Waals surface area contributed by atoms with Crippen molar-refractivity contribution in [1.29, 1.82) is 0 Å². The van der Waals surface area contributed by atoms with E-state index in [2.05, 4.69) is 36.5 Å². The zero-order chi connectivity index (χ0) is 22.1. The summed E-state index contributed by atoms with van der Waals surface area (Å²) in [5.41, 5.74) is 3.05. The number of nitrogens with one attached hydrogen (secondary N) is 1. The van der Waals surface area contributed by atoms with Crippen molar-refractivity contribution in [1.82, 2.24) is 10.2 Å². The molecule has 2 amide bonds. The SMILES string of the molecule is CCCCc1ccc(CC(=O)NC2CCN(C(=O)c3ccc(OCC)cc3)CC2)cc1. The van der Waals surface area contributed by atoms with E-state index < -0.39 is 0 Å². The molecule has 0 saturated carbocycles. The summed E-state index contributed by atoms with van der Waals surface area (Å²) in [5, 5.41) is 3.14. The van der Waals surface area contributed by atoms with Gasteiger partial charge in [0.1, 0.15) is 5.75 Å². The van der Waals surface area contributed by atoms with E-state index in [9.17, 15) is 9.59 Å². The average Bonchev–Trinajstić information content (AvgIpc) is 2.79. The van der Waals surface area contributed by atoms with Crippen molar-refractivity contribution in [2.24, 2.45) is 0 Å². The lowest BCUT2D eigenvalue weighted by atomic mass is 10.0. The Morgan fingerprint density at radius 2 is 1.61 bits per heavy atom. The van der Waals surface area contributed by atoms with Crippen molar-refractivity contribution in [3.8, 4) is 5.75 Å². The van der Waals surface area contributed by atoms with E-state index in [-0.39, 0.29) is 17.9 Å². The Kier molecular flexibility index (Phi) is 8.51. The highest BCUT2D eigenvalue weighted by Gasteiger charge is 2.24. The van der Waals surface area contributed by atoms with Crippen LogP contribution in [0, 0.1) is 0 Å². The minimum absolute atomic E-state index is 0.0380. The van der Waals surface area contributed by atoms with Crippen LogP contribution in [-0.2, 0) is 17.6 Å². The first-order valence-electron chi connectivity index (χ1n) is 11.5. The van der Waals surface area contributed by atoms with Crippen LogP contribution in [0.1, 0.15) is 61.0 Å². The summed E-state index contributed by atoms with van der Waals surface area (Å²) in [6, 6.07) is 15.8. The number of hydrogen-bond acceptors (Lipinski definition) is 3. The second kappa shape index (κ2) is 11.5. The molecule has 1 aliphatic rings. The number of rotatable bonds is 9. The third-order valence-corrected chi connectivity index (χ3v) is 5.77. The molecular formula is C26H34N2O3. The number of unbranched alkanes of at least 4 members (excludes halogenated alkanes) is 1. The highest BCUT2D eigenvalue weighted by Crippen LogP contribution is 2.17. The van der Waals surface area contributed by atoms with Gasteiger partial charge >= 0.3 is 0 Å². The van der Waals surface area contributed by atoms with Crippen molar-refractivity contribution in [3.63, 3.8) is 0 Å². The van der Waals surface area contributed by atoms with Gasteiger partial charge in [-0.25, -0.2) is 0 Å². The Hall–Kier alpha value is -2.82. The van der Waals surface area contributed by atoms with E-state index >= 15 is 0 Å². The summed E-state index contributed by atoms with van der Waals surface area (Å²) in [6.45, 7) is 6.05. The highest BCUT2D eigenvalue weighted by molar-refractivity contribution is 5.94. The normalized spacial score (nSPS) is 14.3. The predicted molar refractivity (Wildman–Crippen MR) is 123 cm³/mol. The molecule has 1 fully saturated rings. The van der Waals surface area contributed by atoms with Crippen molar-refractivity contribution in [2.45, 2.75) is 58.4 Å². The molecule has 0 radical (unpaired) electrons. The van der Waals surface area contributed by atoms with E-state index in [1.54, 1.807) is 0 Å². The lowest BCUT2D eigenvalue weighted by molar-refractivity contribution is -0.121. The number of nitrogens with zero attached hydrogens (tertiary/aromatic N) is 1. The molecule has 0 aromatic heterocycles. The van der Waals surface area contributed by atoms with Crippen LogP contribution in [0.3, 0.4) is 0 Å². The van der Waals surface area contributed by atoms with E-state index in [0.717, 1.165) is 30.6 Å². The summed E-state index contributed by atoms with van der Waals surface area (Å²) < 4.78 is 5.44. The monoisotopic (exact) mass is 422 g/mol.